The van der Waals surface area contributed by atoms with Crippen LogP contribution in [0.1, 0.15) is 41.9 Å². The van der Waals surface area contributed by atoms with E-state index in [1.807, 2.05) is 0 Å². The number of benzene rings is 1. The summed E-state index contributed by atoms with van der Waals surface area (Å²) in [5.41, 5.74) is 0.750. The van der Waals surface area contributed by atoms with E-state index in [1.54, 1.807) is 37.3 Å². The van der Waals surface area contributed by atoms with Gasteiger partial charge in [-0.15, -0.1) is 0 Å². The number of aryl methyl sites for hydroxylation is 2. The average molecular weight is 372 g/mol. The van der Waals surface area contributed by atoms with Crippen molar-refractivity contribution in [2.24, 2.45) is 5.92 Å². The molecule has 1 heterocycles. The van der Waals surface area contributed by atoms with Crippen LogP contribution in [0.2, 0.25) is 0 Å². The first-order valence-corrected chi connectivity index (χ1v) is 8.70. The highest BCUT2D eigenvalue weighted by Crippen LogP contribution is 2.17. The maximum atomic E-state index is 12.5. The molecule has 0 radical (unpaired) electrons. The van der Waals surface area contributed by atoms with E-state index in [1.165, 1.54) is 7.11 Å². The Hall–Kier alpha value is -3.09. The zero-order valence-corrected chi connectivity index (χ0v) is 15.9. The number of amides is 2. The number of ether oxygens (including phenoxy) is 1. The van der Waals surface area contributed by atoms with E-state index >= 15 is 0 Å². The fourth-order valence-corrected chi connectivity index (χ4v) is 2.54. The number of rotatable bonds is 6. The van der Waals surface area contributed by atoms with Crippen LogP contribution in [0, 0.1) is 12.8 Å². The van der Waals surface area contributed by atoms with Crippen LogP contribution >= 0.6 is 0 Å². The number of anilines is 2. The van der Waals surface area contributed by atoms with Gasteiger partial charge in [0.1, 0.15) is 11.3 Å². The molecule has 2 aromatic rings. The lowest BCUT2D eigenvalue weighted by atomic mass is 10.0. The topological polar surface area (TPSA) is 97.6 Å². The smallest absolute Gasteiger partial charge is 0.411 e. The molecule has 0 aliphatic carbocycles. The summed E-state index contributed by atoms with van der Waals surface area (Å²) in [7, 11) is 1.26. The number of nitrogens with one attached hydrogen (secondary N) is 2. The number of hydrogen-bond donors (Lipinski definition) is 2. The molecule has 144 valence electrons. The van der Waals surface area contributed by atoms with Crippen molar-refractivity contribution in [1.82, 2.24) is 0 Å². The molecule has 7 heteroatoms. The Balaban J connectivity index is 2.17. The highest BCUT2D eigenvalue weighted by Gasteiger charge is 2.17. The second-order valence-electron chi connectivity index (χ2n) is 6.64. The number of carbonyl (C=O) groups excluding carboxylic acids is 2. The van der Waals surface area contributed by atoms with Crippen LogP contribution in [-0.4, -0.2) is 19.1 Å². The van der Waals surface area contributed by atoms with Gasteiger partial charge in [0.15, 0.2) is 0 Å². The SMILES string of the molecule is COC(=O)Nc1cccc(NC(=O)c2c(C)cc(CCC(C)C)oc2=O)c1. The zero-order valence-electron chi connectivity index (χ0n) is 15.9. The molecule has 0 saturated heterocycles. The predicted octanol–water partition coefficient (Wildman–Crippen LogP) is 3.97. The van der Waals surface area contributed by atoms with Gasteiger partial charge in [0.2, 0.25) is 0 Å². The fraction of sp³-hybridized carbons (Fsp3) is 0.350. The Morgan fingerprint density at radius 3 is 2.41 bits per heavy atom. The van der Waals surface area contributed by atoms with Crippen LogP contribution in [0.15, 0.2) is 39.5 Å². The quantitative estimate of drug-likeness (QED) is 0.800. The molecular formula is C20H24N2O5. The lowest BCUT2D eigenvalue weighted by Crippen LogP contribution is -2.23. The summed E-state index contributed by atoms with van der Waals surface area (Å²) in [4.78, 5) is 36.1. The minimum Gasteiger partial charge on any atom is -0.453 e. The Kier molecular flexibility index (Phi) is 6.76. The highest BCUT2D eigenvalue weighted by atomic mass is 16.5. The molecule has 0 unspecified atom stereocenters. The third kappa shape index (κ3) is 5.70. The molecule has 2 amide bonds. The minimum absolute atomic E-state index is 0.0328. The van der Waals surface area contributed by atoms with Gasteiger partial charge < -0.3 is 14.5 Å². The van der Waals surface area contributed by atoms with Crippen molar-refractivity contribution in [3.63, 3.8) is 0 Å². The van der Waals surface area contributed by atoms with Gasteiger partial charge in [-0.25, -0.2) is 9.59 Å². The van der Waals surface area contributed by atoms with E-state index in [4.69, 9.17) is 4.42 Å². The van der Waals surface area contributed by atoms with Crippen molar-refractivity contribution in [2.75, 3.05) is 17.7 Å². The average Bonchev–Trinajstić information content (AvgIpc) is 2.59. The van der Waals surface area contributed by atoms with Gasteiger partial charge in [-0.05, 0) is 49.1 Å². The van der Waals surface area contributed by atoms with E-state index in [-0.39, 0.29) is 5.56 Å². The van der Waals surface area contributed by atoms with E-state index in [2.05, 4.69) is 29.2 Å². The first kappa shape index (κ1) is 20.2. The van der Waals surface area contributed by atoms with Crippen molar-refractivity contribution in [1.29, 1.82) is 0 Å². The molecular weight excluding hydrogens is 348 g/mol. The predicted molar refractivity (Wildman–Crippen MR) is 103 cm³/mol. The summed E-state index contributed by atoms with van der Waals surface area (Å²) < 4.78 is 9.83. The Morgan fingerprint density at radius 2 is 1.81 bits per heavy atom. The van der Waals surface area contributed by atoms with Gasteiger partial charge in [0, 0.05) is 17.8 Å². The fourth-order valence-electron chi connectivity index (χ4n) is 2.54. The first-order chi connectivity index (χ1) is 12.8. The van der Waals surface area contributed by atoms with Crippen LogP contribution in [0.3, 0.4) is 0 Å². The molecule has 1 aromatic carbocycles. The summed E-state index contributed by atoms with van der Waals surface area (Å²) in [6.07, 6.45) is 0.928. The summed E-state index contributed by atoms with van der Waals surface area (Å²) >= 11 is 0. The standard InChI is InChI=1S/C20H24N2O5/c1-12(2)8-9-16-10-13(3)17(19(24)27-16)18(23)21-14-6-5-7-15(11-14)22-20(25)26-4/h5-7,10-12H,8-9H2,1-4H3,(H,21,23)(H,22,25). The molecule has 0 atom stereocenters. The Morgan fingerprint density at radius 1 is 1.15 bits per heavy atom. The second kappa shape index (κ2) is 9.02. The van der Waals surface area contributed by atoms with Crippen molar-refractivity contribution in [3.05, 3.63) is 57.6 Å². The van der Waals surface area contributed by atoms with Crippen LogP contribution in [0.25, 0.3) is 0 Å². The maximum Gasteiger partial charge on any atom is 0.411 e. The monoisotopic (exact) mass is 372 g/mol. The van der Waals surface area contributed by atoms with E-state index in [0.29, 0.717) is 35.0 Å². The van der Waals surface area contributed by atoms with Crippen molar-refractivity contribution in [2.45, 2.75) is 33.6 Å². The van der Waals surface area contributed by atoms with Crippen molar-refractivity contribution < 1.29 is 18.7 Å². The third-order valence-corrected chi connectivity index (χ3v) is 3.95. The van der Waals surface area contributed by atoms with Crippen LogP contribution in [-0.2, 0) is 11.2 Å². The molecule has 0 aliphatic heterocycles. The normalized spacial score (nSPS) is 10.6. The van der Waals surface area contributed by atoms with Gasteiger partial charge >= 0.3 is 11.7 Å². The largest absolute Gasteiger partial charge is 0.453 e. The number of methoxy groups -OCH3 is 1. The summed E-state index contributed by atoms with van der Waals surface area (Å²) in [6.45, 7) is 5.89. The molecule has 0 fully saturated rings. The lowest BCUT2D eigenvalue weighted by Gasteiger charge is -2.10. The van der Waals surface area contributed by atoms with Crippen molar-refractivity contribution >= 4 is 23.4 Å². The van der Waals surface area contributed by atoms with Gasteiger partial charge in [-0.1, -0.05) is 19.9 Å². The summed E-state index contributed by atoms with van der Waals surface area (Å²) in [5, 5.41) is 5.16. The van der Waals surface area contributed by atoms with E-state index < -0.39 is 17.6 Å². The lowest BCUT2D eigenvalue weighted by molar-refractivity contribution is 0.102. The third-order valence-electron chi connectivity index (χ3n) is 3.95. The van der Waals surface area contributed by atoms with Gasteiger partial charge in [-0.3, -0.25) is 10.1 Å². The van der Waals surface area contributed by atoms with Gasteiger partial charge in [0.05, 0.1) is 7.11 Å². The summed E-state index contributed by atoms with van der Waals surface area (Å²) in [5.74, 6) is 0.503. The zero-order chi connectivity index (χ0) is 20.0. The van der Waals surface area contributed by atoms with Gasteiger partial charge in [-0.2, -0.15) is 0 Å². The van der Waals surface area contributed by atoms with Crippen LogP contribution < -0.4 is 16.3 Å². The molecule has 0 bridgehead atoms. The van der Waals surface area contributed by atoms with E-state index in [0.717, 1.165) is 6.42 Å². The first-order valence-electron chi connectivity index (χ1n) is 8.70. The molecule has 0 saturated carbocycles. The molecule has 0 spiro atoms. The molecule has 7 nitrogen and oxygen atoms in total. The maximum absolute atomic E-state index is 12.5. The van der Waals surface area contributed by atoms with Crippen LogP contribution in [0.5, 0.6) is 0 Å². The molecule has 1 aromatic heterocycles. The van der Waals surface area contributed by atoms with E-state index in [9.17, 15) is 14.4 Å². The molecule has 27 heavy (non-hydrogen) atoms. The Bertz CT molecular complexity index is 886. The van der Waals surface area contributed by atoms with Crippen molar-refractivity contribution in [3.8, 4) is 0 Å². The van der Waals surface area contributed by atoms with Crippen LogP contribution in [0.4, 0.5) is 16.2 Å². The van der Waals surface area contributed by atoms with Gasteiger partial charge in [0.25, 0.3) is 5.91 Å². The molecule has 0 aliphatic rings. The Labute approximate surface area is 157 Å². The summed E-state index contributed by atoms with van der Waals surface area (Å²) in [6, 6.07) is 8.24. The highest BCUT2D eigenvalue weighted by molar-refractivity contribution is 6.05. The number of carbonyl (C=O) groups is 2. The molecule has 2 N–H and O–H groups in total. The minimum atomic E-state index is -0.657. The molecule has 2 rings (SSSR count). The number of hydrogen-bond acceptors (Lipinski definition) is 5. The second-order valence-corrected chi connectivity index (χ2v) is 6.64.